The van der Waals surface area contributed by atoms with E-state index in [2.05, 4.69) is 26.1 Å². The average Bonchev–Trinajstić information content (AvgIpc) is 2.09. The lowest BCUT2D eigenvalue weighted by Gasteiger charge is -2.29. The largest absolute Gasteiger partial charge is 0.312 e. The van der Waals surface area contributed by atoms with Gasteiger partial charge in [0, 0.05) is 12.1 Å². The smallest absolute Gasteiger partial charge is 0.00697 e. The first-order valence-electron chi connectivity index (χ1n) is 5.48. The van der Waals surface area contributed by atoms with Gasteiger partial charge >= 0.3 is 0 Å². The first-order valence-corrected chi connectivity index (χ1v) is 5.48. The molecule has 0 bridgehead atoms. The molecule has 0 heterocycles. The van der Waals surface area contributed by atoms with Gasteiger partial charge in [-0.2, -0.15) is 0 Å². The SMILES string of the molecule is CC[C@@H](C)NC1CCC(C)CC1. The van der Waals surface area contributed by atoms with Gasteiger partial charge in [-0.3, -0.25) is 0 Å². The maximum atomic E-state index is 3.69. The molecule has 1 fully saturated rings. The lowest BCUT2D eigenvalue weighted by molar-refractivity contribution is 0.288. The van der Waals surface area contributed by atoms with Gasteiger partial charge in [0.15, 0.2) is 0 Å². The summed E-state index contributed by atoms with van der Waals surface area (Å²) in [6.07, 6.45) is 6.89. The summed E-state index contributed by atoms with van der Waals surface area (Å²) >= 11 is 0. The minimum atomic E-state index is 0.711. The monoisotopic (exact) mass is 169 g/mol. The highest BCUT2D eigenvalue weighted by molar-refractivity contribution is 4.77. The third-order valence-electron chi connectivity index (χ3n) is 3.15. The molecule has 0 aromatic carbocycles. The summed E-state index contributed by atoms with van der Waals surface area (Å²) in [6.45, 7) is 6.92. The van der Waals surface area contributed by atoms with E-state index in [4.69, 9.17) is 0 Å². The molecular weight excluding hydrogens is 146 g/mol. The molecule has 72 valence electrons. The molecule has 0 saturated heterocycles. The molecule has 1 atom stereocenters. The second-order valence-corrected chi connectivity index (χ2v) is 4.43. The molecule has 12 heavy (non-hydrogen) atoms. The van der Waals surface area contributed by atoms with Gasteiger partial charge in [0.2, 0.25) is 0 Å². The minimum absolute atomic E-state index is 0.711. The summed E-state index contributed by atoms with van der Waals surface area (Å²) in [5.41, 5.74) is 0. The van der Waals surface area contributed by atoms with Crippen LogP contribution in [0.15, 0.2) is 0 Å². The van der Waals surface area contributed by atoms with E-state index >= 15 is 0 Å². The Morgan fingerprint density at radius 2 is 1.83 bits per heavy atom. The van der Waals surface area contributed by atoms with Crippen molar-refractivity contribution < 1.29 is 0 Å². The molecule has 0 aromatic rings. The zero-order valence-corrected chi connectivity index (χ0v) is 8.77. The van der Waals surface area contributed by atoms with E-state index in [-0.39, 0.29) is 0 Å². The molecule has 1 N–H and O–H groups in total. The van der Waals surface area contributed by atoms with Crippen LogP contribution in [0.4, 0.5) is 0 Å². The Labute approximate surface area is 76.9 Å². The van der Waals surface area contributed by atoms with E-state index in [0.717, 1.165) is 12.0 Å². The minimum Gasteiger partial charge on any atom is -0.312 e. The van der Waals surface area contributed by atoms with Crippen LogP contribution in [0, 0.1) is 5.92 Å². The van der Waals surface area contributed by atoms with Crippen LogP contribution in [0.2, 0.25) is 0 Å². The van der Waals surface area contributed by atoms with E-state index in [9.17, 15) is 0 Å². The second kappa shape index (κ2) is 4.86. The summed E-state index contributed by atoms with van der Waals surface area (Å²) in [5, 5.41) is 3.69. The van der Waals surface area contributed by atoms with E-state index in [1.165, 1.54) is 32.1 Å². The molecule has 0 aliphatic heterocycles. The predicted octanol–water partition coefficient (Wildman–Crippen LogP) is 2.95. The van der Waals surface area contributed by atoms with Gasteiger partial charge in [-0.1, -0.05) is 13.8 Å². The summed E-state index contributed by atoms with van der Waals surface area (Å²) < 4.78 is 0. The Hall–Kier alpha value is -0.0400. The van der Waals surface area contributed by atoms with E-state index in [0.29, 0.717) is 6.04 Å². The first kappa shape index (κ1) is 10.0. The van der Waals surface area contributed by atoms with Crippen LogP contribution in [0.5, 0.6) is 0 Å². The van der Waals surface area contributed by atoms with Gasteiger partial charge in [0.05, 0.1) is 0 Å². The standard InChI is InChI=1S/C11H23N/c1-4-10(3)12-11-7-5-9(2)6-8-11/h9-12H,4-8H2,1-3H3/t9?,10-,11?/m1/s1. The summed E-state index contributed by atoms with van der Waals surface area (Å²) in [6, 6.07) is 1.53. The normalized spacial score (nSPS) is 33.2. The third-order valence-corrected chi connectivity index (χ3v) is 3.15. The molecule has 0 amide bonds. The number of rotatable bonds is 3. The molecule has 1 aliphatic rings. The zero-order chi connectivity index (χ0) is 8.97. The Bertz CT molecular complexity index is 114. The van der Waals surface area contributed by atoms with Gasteiger partial charge in [0.1, 0.15) is 0 Å². The summed E-state index contributed by atoms with van der Waals surface area (Å²) in [7, 11) is 0. The first-order chi connectivity index (χ1) is 5.72. The van der Waals surface area contributed by atoms with Crippen molar-refractivity contribution in [3.05, 3.63) is 0 Å². The van der Waals surface area contributed by atoms with Crippen LogP contribution in [0.1, 0.15) is 52.9 Å². The molecule has 1 nitrogen and oxygen atoms in total. The molecule has 1 rings (SSSR count). The average molecular weight is 169 g/mol. The van der Waals surface area contributed by atoms with Crippen LogP contribution in [0.25, 0.3) is 0 Å². The lowest BCUT2D eigenvalue weighted by Crippen LogP contribution is -2.38. The van der Waals surface area contributed by atoms with E-state index in [1.54, 1.807) is 0 Å². The highest BCUT2D eigenvalue weighted by Crippen LogP contribution is 2.23. The topological polar surface area (TPSA) is 12.0 Å². The maximum absolute atomic E-state index is 3.69. The Kier molecular flexibility index (Phi) is 4.07. The molecule has 1 aliphatic carbocycles. The van der Waals surface area contributed by atoms with Crippen molar-refractivity contribution >= 4 is 0 Å². The fourth-order valence-corrected chi connectivity index (χ4v) is 1.95. The van der Waals surface area contributed by atoms with Gasteiger partial charge in [0.25, 0.3) is 0 Å². The van der Waals surface area contributed by atoms with E-state index < -0.39 is 0 Å². The Balaban J connectivity index is 2.17. The molecule has 0 unspecified atom stereocenters. The lowest BCUT2D eigenvalue weighted by atomic mass is 9.87. The zero-order valence-electron chi connectivity index (χ0n) is 8.77. The number of nitrogens with one attached hydrogen (secondary N) is 1. The summed E-state index contributed by atoms with van der Waals surface area (Å²) in [5.74, 6) is 0.972. The fraction of sp³-hybridized carbons (Fsp3) is 1.00. The molecule has 1 heteroatoms. The predicted molar refractivity (Wildman–Crippen MR) is 54.3 cm³/mol. The number of hydrogen-bond acceptors (Lipinski definition) is 1. The summed E-state index contributed by atoms with van der Waals surface area (Å²) in [4.78, 5) is 0. The van der Waals surface area contributed by atoms with Crippen LogP contribution < -0.4 is 5.32 Å². The molecule has 0 radical (unpaired) electrons. The van der Waals surface area contributed by atoms with Crippen LogP contribution >= 0.6 is 0 Å². The Morgan fingerprint density at radius 1 is 1.25 bits per heavy atom. The van der Waals surface area contributed by atoms with Crippen molar-refractivity contribution in [2.75, 3.05) is 0 Å². The highest BCUT2D eigenvalue weighted by Gasteiger charge is 2.18. The van der Waals surface area contributed by atoms with Crippen LogP contribution in [-0.4, -0.2) is 12.1 Å². The molecular formula is C11H23N. The second-order valence-electron chi connectivity index (χ2n) is 4.43. The fourth-order valence-electron chi connectivity index (χ4n) is 1.95. The van der Waals surface area contributed by atoms with Crippen molar-refractivity contribution in [2.45, 2.75) is 65.0 Å². The Morgan fingerprint density at radius 3 is 2.33 bits per heavy atom. The van der Waals surface area contributed by atoms with Crippen molar-refractivity contribution in [2.24, 2.45) is 5.92 Å². The molecule has 1 saturated carbocycles. The van der Waals surface area contributed by atoms with Crippen molar-refractivity contribution in [1.82, 2.24) is 5.32 Å². The van der Waals surface area contributed by atoms with E-state index in [1.807, 2.05) is 0 Å². The quantitative estimate of drug-likeness (QED) is 0.685. The van der Waals surface area contributed by atoms with Crippen molar-refractivity contribution in [3.63, 3.8) is 0 Å². The van der Waals surface area contributed by atoms with Crippen LogP contribution in [0.3, 0.4) is 0 Å². The van der Waals surface area contributed by atoms with Gasteiger partial charge in [-0.25, -0.2) is 0 Å². The number of hydrogen-bond donors (Lipinski definition) is 1. The van der Waals surface area contributed by atoms with Crippen LogP contribution in [-0.2, 0) is 0 Å². The highest BCUT2D eigenvalue weighted by atomic mass is 14.9. The third kappa shape index (κ3) is 3.14. The molecule has 0 aromatic heterocycles. The van der Waals surface area contributed by atoms with Crippen molar-refractivity contribution in [1.29, 1.82) is 0 Å². The molecule has 0 spiro atoms. The van der Waals surface area contributed by atoms with Gasteiger partial charge < -0.3 is 5.32 Å². The van der Waals surface area contributed by atoms with Gasteiger partial charge in [-0.05, 0) is 44.9 Å². The maximum Gasteiger partial charge on any atom is 0.00697 e. The van der Waals surface area contributed by atoms with Crippen molar-refractivity contribution in [3.8, 4) is 0 Å². The van der Waals surface area contributed by atoms with Gasteiger partial charge in [-0.15, -0.1) is 0 Å².